The van der Waals surface area contributed by atoms with E-state index < -0.39 is 16.0 Å². The van der Waals surface area contributed by atoms with Crippen molar-refractivity contribution in [1.82, 2.24) is 9.62 Å². The number of halogens is 1. The summed E-state index contributed by atoms with van der Waals surface area (Å²) in [4.78, 5) is 0. The minimum atomic E-state index is -3.65. The maximum atomic E-state index is 13.4. The van der Waals surface area contributed by atoms with Crippen LogP contribution in [0.2, 0.25) is 0 Å². The second-order valence-corrected chi connectivity index (χ2v) is 6.33. The molecular weight excluding hydrogens is 281 g/mol. The van der Waals surface area contributed by atoms with Crippen molar-refractivity contribution in [2.75, 3.05) is 31.4 Å². The average molecular weight is 303 g/mol. The number of hydrogen-bond donors (Lipinski definition) is 2. The normalized spacial score (nSPS) is 11.8. The first kappa shape index (κ1) is 16.9. The van der Waals surface area contributed by atoms with Crippen molar-refractivity contribution in [2.45, 2.75) is 20.3 Å². The Kier molecular flexibility index (Phi) is 6.38. The van der Waals surface area contributed by atoms with Crippen molar-refractivity contribution >= 4 is 15.9 Å². The molecule has 0 aromatic heterocycles. The minimum Gasteiger partial charge on any atom is -0.317 e. The lowest BCUT2D eigenvalue weighted by atomic mass is 10.2. The van der Waals surface area contributed by atoms with E-state index in [1.165, 1.54) is 23.5 Å². The summed E-state index contributed by atoms with van der Waals surface area (Å²) in [5, 5.41) is 3.13. The molecule has 0 aliphatic rings. The zero-order valence-corrected chi connectivity index (χ0v) is 12.9. The van der Waals surface area contributed by atoms with Gasteiger partial charge in [0, 0.05) is 19.2 Å². The van der Waals surface area contributed by atoms with Crippen LogP contribution < -0.4 is 10.0 Å². The summed E-state index contributed by atoms with van der Waals surface area (Å²) in [5.41, 5.74) is 0.556. The Labute approximate surface area is 120 Å². The largest absolute Gasteiger partial charge is 0.317 e. The molecule has 114 valence electrons. The van der Waals surface area contributed by atoms with E-state index in [9.17, 15) is 12.8 Å². The lowest BCUT2D eigenvalue weighted by Gasteiger charge is -2.19. The van der Waals surface area contributed by atoms with Gasteiger partial charge in [0.15, 0.2) is 0 Å². The molecule has 0 amide bonds. The predicted octanol–water partition coefficient (Wildman–Crippen LogP) is 1.72. The fraction of sp³-hybridized carbons (Fsp3) is 0.538. The van der Waals surface area contributed by atoms with Crippen LogP contribution in [0.25, 0.3) is 0 Å². The van der Waals surface area contributed by atoms with Gasteiger partial charge in [-0.25, -0.2) is 4.39 Å². The number of nitrogens with zero attached hydrogens (tertiary/aromatic N) is 1. The number of anilines is 1. The molecule has 0 bridgehead atoms. The Morgan fingerprint density at radius 3 is 2.70 bits per heavy atom. The van der Waals surface area contributed by atoms with Gasteiger partial charge in [-0.1, -0.05) is 13.0 Å². The van der Waals surface area contributed by atoms with E-state index in [4.69, 9.17) is 0 Å². The highest BCUT2D eigenvalue weighted by molar-refractivity contribution is 7.90. The van der Waals surface area contributed by atoms with Crippen molar-refractivity contribution < 1.29 is 12.8 Å². The van der Waals surface area contributed by atoms with Crippen molar-refractivity contribution in [3.63, 3.8) is 0 Å². The number of rotatable bonds is 8. The summed E-state index contributed by atoms with van der Waals surface area (Å²) in [7, 11) is -2.15. The molecule has 1 aromatic carbocycles. The molecular formula is C13H22FN3O2S. The monoisotopic (exact) mass is 303 g/mol. The highest BCUT2D eigenvalue weighted by Crippen LogP contribution is 2.19. The highest BCUT2D eigenvalue weighted by Gasteiger charge is 2.18. The van der Waals surface area contributed by atoms with E-state index >= 15 is 0 Å². The van der Waals surface area contributed by atoms with Gasteiger partial charge < -0.3 is 5.32 Å². The van der Waals surface area contributed by atoms with Crippen LogP contribution in [-0.4, -0.2) is 39.4 Å². The van der Waals surface area contributed by atoms with Crippen LogP contribution in [0.15, 0.2) is 18.2 Å². The van der Waals surface area contributed by atoms with Gasteiger partial charge >= 0.3 is 10.2 Å². The molecule has 20 heavy (non-hydrogen) atoms. The van der Waals surface area contributed by atoms with E-state index in [1.807, 2.05) is 6.92 Å². The smallest absolute Gasteiger partial charge is 0.301 e. The molecule has 2 N–H and O–H groups in total. The molecule has 0 unspecified atom stereocenters. The molecule has 1 rings (SSSR count). The summed E-state index contributed by atoms with van der Waals surface area (Å²) >= 11 is 0. The molecule has 0 fully saturated rings. The van der Waals surface area contributed by atoms with Crippen LogP contribution in [0.4, 0.5) is 10.1 Å². The van der Waals surface area contributed by atoms with E-state index in [2.05, 4.69) is 10.0 Å². The SMILES string of the molecule is CCNCCCN(C)S(=O)(=O)Nc1cccc(F)c1C. The average Bonchev–Trinajstić information content (AvgIpc) is 2.39. The lowest BCUT2D eigenvalue weighted by molar-refractivity contribution is 0.459. The fourth-order valence-electron chi connectivity index (χ4n) is 1.66. The van der Waals surface area contributed by atoms with Crippen LogP contribution in [0.3, 0.4) is 0 Å². The quantitative estimate of drug-likeness (QED) is 0.719. The molecule has 0 atom stereocenters. The first-order valence-corrected chi connectivity index (χ1v) is 8.02. The molecule has 5 nitrogen and oxygen atoms in total. The first-order valence-electron chi connectivity index (χ1n) is 6.58. The molecule has 0 aliphatic heterocycles. The summed E-state index contributed by atoms with van der Waals surface area (Å²) in [6, 6.07) is 4.32. The maximum Gasteiger partial charge on any atom is 0.301 e. The second-order valence-electron chi connectivity index (χ2n) is 4.55. The van der Waals surface area contributed by atoms with Gasteiger partial charge in [-0.05, 0) is 38.6 Å². The highest BCUT2D eigenvalue weighted by atomic mass is 32.2. The van der Waals surface area contributed by atoms with E-state index in [1.54, 1.807) is 13.0 Å². The van der Waals surface area contributed by atoms with Crippen LogP contribution in [-0.2, 0) is 10.2 Å². The van der Waals surface area contributed by atoms with Gasteiger partial charge in [-0.15, -0.1) is 0 Å². The molecule has 0 radical (unpaired) electrons. The Morgan fingerprint density at radius 1 is 1.35 bits per heavy atom. The molecule has 0 saturated heterocycles. The molecule has 1 aromatic rings. The molecule has 0 saturated carbocycles. The Bertz CT molecular complexity index is 534. The predicted molar refractivity (Wildman–Crippen MR) is 79.5 cm³/mol. The molecule has 0 heterocycles. The standard InChI is InChI=1S/C13H22FN3O2S/c1-4-15-9-6-10-17(3)20(18,19)16-13-8-5-7-12(14)11(13)2/h5,7-8,15-16H,4,6,9-10H2,1-3H3. The Hall–Kier alpha value is -1.18. The molecule has 0 spiro atoms. The van der Waals surface area contributed by atoms with E-state index in [0.717, 1.165) is 13.1 Å². The van der Waals surface area contributed by atoms with E-state index in [-0.39, 0.29) is 11.3 Å². The number of benzene rings is 1. The Morgan fingerprint density at radius 2 is 2.05 bits per heavy atom. The van der Waals surface area contributed by atoms with E-state index in [0.29, 0.717) is 13.0 Å². The second kappa shape index (κ2) is 7.56. The van der Waals surface area contributed by atoms with Crippen molar-refractivity contribution in [3.8, 4) is 0 Å². The fourth-order valence-corrected chi connectivity index (χ4v) is 2.68. The topological polar surface area (TPSA) is 61.4 Å². The lowest BCUT2D eigenvalue weighted by Crippen LogP contribution is -2.34. The Balaban J connectivity index is 2.67. The van der Waals surface area contributed by atoms with Gasteiger partial charge in [0.2, 0.25) is 0 Å². The number of nitrogens with one attached hydrogen (secondary N) is 2. The third-order valence-corrected chi connectivity index (χ3v) is 4.47. The zero-order valence-electron chi connectivity index (χ0n) is 12.1. The summed E-state index contributed by atoms with van der Waals surface area (Å²) in [6.07, 6.45) is 0.716. The summed E-state index contributed by atoms with van der Waals surface area (Å²) in [6.45, 7) is 5.55. The van der Waals surface area contributed by atoms with Crippen LogP contribution in [0.5, 0.6) is 0 Å². The van der Waals surface area contributed by atoms with Gasteiger partial charge in [0.05, 0.1) is 5.69 Å². The van der Waals surface area contributed by atoms with Gasteiger partial charge in [-0.3, -0.25) is 4.72 Å². The van der Waals surface area contributed by atoms with Crippen molar-refractivity contribution in [1.29, 1.82) is 0 Å². The van der Waals surface area contributed by atoms with Crippen LogP contribution >= 0.6 is 0 Å². The van der Waals surface area contributed by atoms with Crippen LogP contribution in [0, 0.1) is 12.7 Å². The maximum absolute atomic E-state index is 13.4. The summed E-state index contributed by atoms with van der Waals surface area (Å²) in [5.74, 6) is -0.431. The first-order chi connectivity index (χ1) is 9.38. The van der Waals surface area contributed by atoms with Crippen molar-refractivity contribution in [2.24, 2.45) is 0 Å². The van der Waals surface area contributed by atoms with Gasteiger partial charge in [-0.2, -0.15) is 12.7 Å². The zero-order chi connectivity index (χ0) is 15.2. The summed E-state index contributed by atoms with van der Waals surface area (Å²) < 4.78 is 41.2. The molecule has 7 heteroatoms. The number of hydrogen-bond acceptors (Lipinski definition) is 3. The third kappa shape index (κ3) is 4.73. The van der Waals surface area contributed by atoms with Gasteiger partial charge in [0.1, 0.15) is 5.82 Å². The van der Waals surface area contributed by atoms with Crippen LogP contribution in [0.1, 0.15) is 18.9 Å². The van der Waals surface area contributed by atoms with Gasteiger partial charge in [0.25, 0.3) is 0 Å². The minimum absolute atomic E-state index is 0.267. The molecule has 0 aliphatic carbocycles. The van der Waals surface area contributed by atoms with Crippen molar-refractivity contribution in [3.05, 3.63) is 29.6 Å². The third-order valence-electron chi connectivity index (χ3n) is 2.99.